The van der Waals surface area contributed by atoms with Crippen LogP contribution in [0.25, 0.3) is 10.8 Å². The quantitative estimate of drug-likeness (QED) is 0.758. The van der Waals surface area contributed by atoms with Gasteiger partial charge >= 0.3 is 0 Å². The Balaban J connectivity index is 1.41. The van der Waals surface area contributed by atoms with E-state index in [1.54, 1.807) is 0 Å². The summed E-state index contributed by atoms with van der Waals surface area (Å²) in [5, 5.41) is 11.4. The van der Waals surface area contributed by atoms with Gasteiger partial charge in [0.05, 0.1) is 6.54 Å². The first-order valence-corrected chi connectivity index (χ1v) is 8.75. The highest BCUT2D eigenvalue weighted by molar-refractivity contribution is 6.04. The number of carbonyl (C=O) groups excluding carboxylic acids is 2. The van der Waals surface area contributed by atoms with Gasteiger partial charge in [0.15, 0.2) is 5.69 Å². The summed E-state index contributed by atoms with van der Waals surface area (Å²) >= 11 is 0. The van der Waals surface area contributed by atoms with Crippen molar-refractivity contribution in [2.45, 2.75) is 25.7 Å². The summed E-state index contributed by atoms with van der Waals surface area (Å²) in [4.78, 5) is 24.6. The van der Waals surface area contributed by atoms with E-state index in [1.807, 2.05) is 42.5 Å². The zero-order valence-corrected chi connectivity index (χ0v) is 14.2. The first-order valence-electron chi connectivity index (χ1n) is 8.75. The van der Waals surface area contributed by atoms with Gasteiger partial charge in [-0.25, -0.2) is 0 Å². The molecule has 6 nitrogen and oxygen atoms in total. The molecule has 0 atom stereocenters. The van der Waals surface area contributed by atoms with Gasteiger partial charge in [-0.2, -0.15) is 0 Å². The smallest absolute Gasteiger partial charge is 0.274 e. The molecule has 132 valence electrons. The number of carbonyl (C=O) groups is 2. The lowest BCUT2D eigenvalue weighted by molar-refractivity contribution is -0.115. The molecule has 4 rings (SSSR count). The number of nitrogens with zero attached hydrogens (tertiary/aromatic N) is 1. The number of hydrogen-bond donors (Lipinski definition) is 2. The Morgan fingerprint density at radius 2 is 1.85 bits per heavy atom. The van der Waals surface area contributed by atoms with Crippen LogP contribution < -0.4 is 10.6 Å². The molecule has 1 aliphatic rings. The zero-order chi connectivity index (χ0) is 17.9. The lowest BCUT2D eigenvalue weighted by atomic mass is 9.96. The van der Waals surface area contributed by atoms with Gasteiger partial charge in [0.25, 0.3) is 5.91 Å². The first kappa shape index (κ1) is 16.3. The summed E-state index contributed by atoms with van der Waals surface area (Å²) in [6.07, 6.45) is 3.69. The molecule has 2 aromatic carbocycles. The van der Waals surface area contributed by atoms with Crippen LogP contribution in [0.5, 0.6) is 0 Å². The highest BCUT2D eigenvalue weighted by Crippen LogP contribution is 2.24. The van der Waals surface area contributed by atoms with Crippen LogP contribution in [0.15, 0.2) is 47.0 Å². The van der Waals surface area contributed by atoms with Crippen LogP contribution in [0, 0.1) is 0 Å². The predicted octanol–water partition coefficient (Wildman–Crippen LogP) is 3.08. The van der Waals surface area contributed by atoms with E-state index in [-0.39, 0.29) is 18.4 Å². The normalized spacial score (nSPS) is 13.2. The van der Waals surface area contributed by atoms with Crippen molar-refractivity contribution in [1.82, 2.24) is 10.5 Å². The SMILES string of the molecule is O=C(CNC(=O)c1noc2c1CCCC2)Nc1cccc2ccccc12. The first-order chi connectivity index (χ1) is 12.7. The summed E-state index contributed by atoms with van der Waals surface area (Å²) in [5.74, 6) is 0.138. The predicted molar refractivity (Wildman–Crippen MR) is 98.1 cm³/mol. The maximum absolute atomic E-state index is 12.3. The van der Waals surface area contributed by atoms with Gasteiger partial charge < -0.3 is 15.2 Å². The minimum atomic E-state index is -0.370. The molecule has 0 fully saturated rings. The lowest BCUT2D eigenvalue weighted by Gasteiger charge is -2.10. The number of anilines is 1. The third kappa shape index (κ3) is 3.18. The minimum absolute atomic E-state index is 0.121. The third-order valence-electron chi connectivity index (χ3n) is 4.64. The van der Waals surface area contributed by atoms with Crippen molar-refractivity contribution in [3.63, 3.8) is 0 Å². The van der Waals surface area contributed by atoms with Gasteiger partial charge in [-0.05, 0) is 30.7 Å². The van der Waals surface area contributed by atoms with Crippen LogP contribution >= 0.6 is 0 Å². The van der Waals surface area contributed by atoms with Crippen molar-refractivity contribution in [2.75, 3.05) is 11.9 Å². The van der Waals surface area contributed by atoms with Crippen LogP contribution in [0.3, 0.4) is 0 Å². The Morgan fingerprint density at radius 3 is 2.77 bits per heavy atom. The fraction of sp³-hybridized carbons (Fsp3) is 0.250. The maximum Gasteiger partial charge on any atom is 0.274 e. The molecule has 0 unspecified atom stereocenters. The topological polar surface area (TPSA) is 84.2 Å². The average Bonchev–Trinajstić information content (AvgIpc) is 3.11. The van der Waals surface area contributed by atoms with E-state index < -0.39 is 0 Å². The molecule has 0 radical (unpaired) electrons. The fourth-order valence-electron chi connectivity index (χ4n) is 3.34. The molecule has 1 heterocycles. The van der Waals surface area contributed by atoms with Crippen LogP contribution in [-0.4, -0.2) is 23.5 Å². The number of fused-ring (bicyclic) bond motifs is 2. The van der Waals surface area contributed by atoms with Gasteiger partial charge in [0, 0.05) is 23.1 Å². The Labute approximate surface area is 150 Å². The molecule has 0 bridgehead atoms. The molecule has 0 aliphatic heterocycles. The Morgan fingerprint density at radius 1 is 1.04 bits per heavy atom. The van der Waals surface area contributed by atoms with Crippen molar-refractivity contribution < 1.29 is 14.1 Å². The van der Waals surface area contributed by atoms with Crippen LogP contribution in [0.2, 0.25) is 0 Å². The number of benzene rings is 2. The Bertz CT molecular complexity index is 972. The zero-order valence-electron chi connectivity index (χ0n) is 14.2. The number of nitrogens with one attached hydrogen (secondary N) is 2. The molecule has 0 spiro atoms. The minimum Gasteiger partial charge on any atom is -0.360 e. The molecule has 3 aromatic rings. The molecule has 26 heavy (non-hydrogen) atoms. The van der Waals surface area contributed by atoms with E-state index in [0.717, 1.165) is 53.5 Å². The standard InChI is InChI=1S/C20H19N3O3/c24-18(22-16-10-5-7-13-6-1-2-8-14(13)16)12-21-20(25)19-15-9-3-4-11-17(15)26-23-19/h1-2,5-8,10H,3-4,9,11-12H2,(H,21,25)(H,22,24). The van der Waals surface area contributed by atoms with Crippen molar-refractivity contribution in [3.05, 3.63) is 59.5 Å². The molecule has 2 N–H and O–H groups in total. The summed E-state index contributed by atoms with van der Waals surface area (Å²) < 4.78 is 5.25. The molecule has 1 aliphatic carbocycles. The second-order valence-corrected chi connectivity index (χ2v) is 6.40. The highest BCUT2D eigenvalue weighted by Gasteiger charge is 2.24. The number of hydrogen-bond acceptors (Lipinski definition) is 4. The highest BCUT2D eigenvalue weighted by atomic mass is 16.5. The fourth-order valence-corrected chi connectivity index (χ4v) is 3.34. The molecular formula is C20H19N3O3. The average molecular weight is 349 g/mol. The van der Waals surface area contributed by atoms with Crippen LogP contribution in [0.1, 0.15) is 34.7 Å². The van der Waals surface area contributed by atoms with Crippen molar-refractivity contribution in [2.24, 2.45) is 0 Å². The van der Waals surface area contributed by atoms with E-state index in [4.69, 9.17) is 4.52 Å². The lowest BCUT2D eigenvalue weighted by Crippen LogP contribution is -2.33. The molecule has 0 saturated heterocycles. The summed E-state index contributed by atoms with van der Waals surface area (Å²) in [6, 6.07) is 13.5. The van der Waals surface area contributed by atoms with Gasteiger partial charge in [0.2, 0.25) is 5.91 Å². The largest absolute Gasteiger partial charge is 0.360 e. The monoisotopic (exact) mass is 349 g/mol. The molecule has 0 saturated carbocycles. The van der Waals surface area contributed by atoms with Crippen molar-refractivity contribution in [1.29, 1.82) is 0 Å². The number of rotatable bonds is 4. The van der Waals surface area contributed by atoms with E-state index in [9.17, 15) is 9.59 Å². The van der Waals surface area contributed by atoms with Crippen molar-refractivity contribution >= 4 is 28.3 Å². The molecule has 1 aromatic heterocycles. The van der Waals surface area contributed by atoms with E-state index in [2.05, 4.69) is 15.8 Å². The van der Waals surface area contributed by atoms with E-state index >= 15 is 0 Å². The maximum atomic E-state index is 12.3. The molecule has 6 heteroatoms. The van der Waals surface area contributed by atoms with E-state index in [0.29, 0.717) is 5.69 Å². The number of aryl methyl sites for hydroxylation is 1. The number of amides is 2. The summed E-state index contributed by atoms with van der Waals surface area (Å²) in [7, 11) is 0. The van der Waals surface area contributed by atoms with Gasteiger partial charge in [-0.1, -0.05) is 41.6 Å². The Kier molecular flexibility index (Phi) is 4.39. The molecular weight excluding hydrogens is 330 g/mol. The van der Waals surface area contributed by atoms with Crippen LogP contribution in [-0.2, 0) is 17.6 Å². The van der Waals surface area contributed by atoms with E-state index in [1.165, 1.54) is 0 Å². The van der Waals surface area contributed by atoms with Gasteiger partial charge in [-0.15, -0.1) is 0 Å². The van der Waals surface area contributed by atoms with Gasteiger partial charge in [-0.3, -0.25) is 9.59 Å². The molecule has 2 amide bonds. The third-order valence-corrected chi connectivity index (χ3v) is 4.64. The second-order valence-electron chi connectivity index (χ2n) is 6.40. The second kappa shape index (κ2) is 7.00. The Hall–Kier alpha value is -3.15. The van der Waals surface area contributed by atoms with Crippen LogP contribution in [0.4, 0.5) is 5.69 Å². The summed E-state index contributed by atoms with van der Waals surface area (Å²) in [5.41, 5.74) is 1.90. The van der Waals surface area contributed by atoms with Crippen molar-refractivity contribution in [3.8, 4) is 0 Å². The van der Waals surface area contributed by atoms with Gasteiger partial charge in [0.1, 0.15) is 5.76 Å². The number of aromatic nitrogens is 1. The summed E-state index contributed by atoms with van der Waals surface area (Å²) in [6.45, 7) is -0.121.